The average molecular weight is 378 g/mol. The van der Waals surface area contributed by atoms with Gasteiger partial charge in [-0.15, -0.1) is 0 Å². The zero-order valence-corrected chi connectivity index (χ0v) is 13.4. The fraction of sp³-hybridized carbons (Fsp3) is 0.692. The zero-order chi connectivity index (χ0) is 19.2. The van der Waals surface area contributed by atoms with Crippen LogP contribution in [0.1, 0.15) is 5.69 Å². The van der Waals surface area contributed by atoms with E-state index in [4.69, 9.17) is 15.0 Å². The van der Waals surface area contributed by atoms with Crippen LogP contribution in [0.4, 0.5) is 19.1 Å². The molecule has 0 amide bonds. The molecule has 2 heterocycles. The van der Waals surface area contributed by atoms with Gasteiger partial charge in [-0.05, 0) is 11.6 Å². The van der Waals surface area contributed by atoms with E-state index in [-0.39, 0.29) is 32.3 Å². The minimum absolute atomic E-state index is 0.0496. The first-order valence-corrected chi connectivity index (χ1v) is 7.56. The largest absolute Gasteiger partial charge is 0.433 e. The number of hydrogen-bond acceptors (Lipinski definition) is 8. The fourth-order valence-electron chi connectivity index (χ4n) is 2.26. The first-order chi connectivity index (χ1) is 12.3. The molecular weight excluding hydrogens is 361 g/mol. The summed E-state index contributed by atoms with van der Waals surface area (Å²) in [4.78, 5) is 9.56. The minimum Gasteiger partial charge on any atom is -0.388 e. The summed E-state index contributed by atoms with van der Waals surface area (Å²) in [7, 11) is 0. The lowest BCUT2D eigenvalue weighted by Gasteiger charge is -2.37. The molecule has 0 aromatic carbocycles. The number of aliphatic hydroxyl groups is 2. The van der Waals surface area contributed by atoms with E-state index in [2.05, 4.69) is 25.3 Å². The Morgan fingerprint density at radius 3 is 2.88 bits per heavy atom. The molecular formula is C13H17F3N6O4. The van der Waals surface area contributed by atoms with Gasteiger partial charge in [0.2, 0.25) is 5.95 Å². The van der Waals surface area contributed by atoms with Gasteiger partial charge in [-0.3, -0.25) is 0 Å². The summed E-state index contributed by atoms with van der Waals surface area (Å²) in [6, 6.07) is -0.190. The normalized spacial score (nSPS) is 26.2. The molecule has 0 spiro atoms. The van der Waals surface area contributed by atoms with Crippen LogP contribution in [0.25, 0.3) is 10.4 Å². The zero-order valence-electron chi connectivity index (χ0n) is 13.4. The van der Waals surface area contributed by atoms with E-state index in [0.29, 0.717) is 0 Å². The molecule has 10 nitrogen and oxygen atoms in total. The lowest BCUT2D eigenvalue weighted by Crippen LogP contribution is -2.57. The molecule has 1 saturated heterocycles. The molecule has 2 rings (SSSR count). The van der Waals surface area contributed by atoms with Crippen LogP contribution in [0, 0.1) is 0 Å². The van der Waals surface area contributed by atoms with Crippen LogP contribution in [0.5, 0.6) is 0 Å². The quantitative estimate of drug-likeness (QED) is 0.274. The molecule has 0 saturated carbocycles. The maximum atomic E-state index is 12.7. The number of rotatable bonds is 7. The molecule has 1 fully saturated rings. The van der Waals surface area contributed by atoms with Crippen LogP contribution in [0.15, 0.2) is 17.4 Å². The first-order valence-electron chi connectivity index (χ1n) is 7.56. The average Bonchev–Trinajstić information content (AvgIpc) is 2.60. The lowest BCUT2D eigenvalue weighted by molar-refractivity contribution is -0.159. The van der Waals surface area contributed by atoms with E-state index in [1.807, 2.05) is 0 Å². The molecule has 0 bridgehead atoms. The Kier molecular flexibility index (Phi) is 6.94. The number of ether oxygens (including phenoxy) is 2. The Balaban J connectivity index is 1.90. The lowest BCUT2D eigenvalue weighted by atomic mass is 9.98. The van der Waals surface area contributed by atoms with E-state index in [9.17, 15) is 23.4 Å². The van der Waals surface area contributed by atoms with Crippen molar-refractivity contribution >= 4 is 5.95 Å². The van der Waals surface area contributed by atoms with E-state index in [0.717, 1.165) is 12.3 Å². The molecule has 26 heavy (non-hydrogen) atoms. The van der Waals surface area contributed by atoms with Crippen LogP contribution in [0.2, 0.25) is 0 Å². The van der Waals surface area contributed by atoms with Gasteiger partial charge in [-0.2, -0.15) is 13.2 Å². The SMILES string of the molecule is [N-]=[N+]=NCCOC[C@H]1OC[C@H](Nc2nccc(C(F)(F)F)n2)[C@@H](O)[C@H]1O. The molecule has 0 radical (unpaired) electrons. The van der Waals surface area contributed by atoms with Gasteiger partial charge >= 0.3 is 6.18 Å². The van der Waals surface area contributed by atoms with Crippen LogP contribution < -0.4 is 5.32 Å². The Bertz CT molecular complexity index is 643. The highest BCUT2D eigenvalue weighted by Crippen LogP contribution is 2.28. The van der Waals surface area contributed by atoms with Crippen LogP contribution in [-0.2, 0) is 15.7 Å². The fourth-order valence-corrected chi connectivity index (χ4v) is 2.26. The van der Waals surface area contributed by atoms with E-state index in [1.165, 1.54) is 0 Å². The number of aromatic nitrogens is 2. The van der Waals surface area contributed by atoms with Crippen molar-refractivity contribution in [2.45, 2.75) is 30.5 Å². The summed E-state index contributed by atoms with van der Waals surface area (Å²) in [5, 5.41) is 26.0. The van der Waals surface area contributed by atoms with Crippen molar-refractivity contribution in [2.75, 3.05) is 31.7 Å². The number of halogens is 3. The predicted octanol–water partition coefficient (Wildman–Crippen LogP) is 0.723. The molecule has 0 unspecified atom stereocenters. The second-order valence-electron chi connectivity index (χ2n) is 5.40. The van der Waals surface area contributed by atoms with Gasteiger partial charge in [0.15, 0.2) is 0 Å². The van der Waals surface area contributed by atoms with Gasteiger partial charge in [0.05, 0.1) is 25.9 Å². The van der Waals surface area contributed by atoms with Crippen molar-refractivity contribution in [1.82, 2.24) is 9.97 Å². The van der Waals surface area contributed by atoms with E-state index >= 15 is 0 Å². The summed E-state index contributed by atoms with van der Waals surface area (Å²) in [5.74, 6) is -0.344. The summed E-state index contributed by atoms with van der Waals surface area (Å²) in [5.41, 5.74) is 7.00. The van der Waals surface area contributed by atoms with Gasteiger partial charge in [0, 0.05) is 17.7 Å². The van der Waals surface area contributed by atoms with Crippen molar-refractivity contribution in [2.24, 2.45) is 5.11 Å². The third-order valence-electron chi connectivity index (χ3n) is 3.57. The Morgan fingerprint density at radius 2 is 2.19 bits per heavy atom. The standard InChI is InChI=1S/C13H17F3N6O4/c14-13(15,16)9-1-2-18-12(21-9)20-7-5-26-8(11(24)10(7)23)6-25-4-3-19-22-17/h1-2,7-8,10-11,23-24H,3-6H2,(H,18,20,21)/t7-,8+,10+,11-/m0/s1. The van der Waals surface area contributed by atoms with E-state index in [1.54, 1.807) is 0 Å². The number of nitrogens with zero attached hydrogens (tertiary/aromatic N) is 5. The van der Waals surface area contributed by atoms with Crippen LogP contribution in [-0.4, -0.2) is 70.9 Å². The molecule has 4 atom stereocenters. The summed E-state index contributed by atoms with van der Waals surface area (Å²) < 4.78 is 48.5. The number of anilines is 1. The molecule has 13 heteroatoms. The highest BCUT2D eigenvalue weighted by molar-refractivity contribution is 5.29. The molecule has 144 valence electrons. The van der Waals surface area contributed by atoms with E-state index < -0.39 is 36.2 Å². The molecule has 1 aliphatic rings. The second-order valence-corrected chi connectivity index (χ2v) is 5.40. The van der Waals surface area contributed by atoms with Gasteiger partial charge in [0.1, 0.15) is 24.0 Å². The maximum Gasteiger partial charge on any atom is 0.433 e. The minimum atomic E-state index is -4.63. The second kappa shape index (κ2) is 8.96. The van der Waals surface area contributed by atoms with Crippen molar-refractivity contribution < 1.29 is 32.9 Å². The third-order valence-corrected chi connectivity index (χ3v) is 3.57. The molecule has 3 N–H and O–H groups in total. The molecule has 1 aliphatic heterocycles. The highest BCUT2D eigenvalue weighted by atomic mass is 19.4. The smallest absolute Gasteiger partial charge is 0.388 e. The number of nitrogens with one attached hydrogen (secondary N) is 1. The number of alkyl halides is 3. The van der Waals surface area contributed by atoms with Crippen molar-refractivity contribution in [3.05, 3.63) is 28.4 Å². The monoisotopic (exact) mass is 378 g/mol. The van der Waals surface area contributed by atoms with Gasteiger partial charge in [-0.25, -0.2) is 9.97 Å². The number of aliphatic hydroxyl groups excluding tert-OH is 2. The summed E-state index contributed by atoms with van der Waals surface area (Å²) in [6.07, 6.45) is -7.21. The molecule has 1 aromatic rings. The predicted molar refractivity (Wildman–Crippen MR) is 81.0 cm³/mol. The van der Waals surface area contributed by atoms with Gasteiger partial charge < -0.3 is 25.0 Å². The van der Waals surface area contributed by atoms with Gasteiger partial charge in [0.25, 0.3) is 0 Å². The molecule has 1 aromatic heterocycles. The summed E-state index contributed by atoms with van der Waals surface area (Å²) >= 11 is 0. The molecule has 0 aliphatic carbocycles. The third kappa shape index (κ3) is 5.41. The number of azide groups is 1. The topological polar surface area (TPSA) is 145 Å². The Labute approximate surface area is 145 Å². The number of hydrogen-bond donors (Lipinski definition) is 3. The van der Waals surface area contributed by atoms with Crippen molar-refractivity contribution in [1.29, 1.82) is 0 Å². The van der Waals surface area contributed by atoms with Crippen molar-refractivity contribution in [3.8, 4) is 0 Å². The highest BCUT2D eigenvalue weighted by Gasteiger charge is 2.39. The summed E-state index contributed by atoms with van der Waals surface area (Å²) in [6.45, 7) is 0.0690. The van der Waals surface area contributed by atoms with Crippen LogP contribution in [0.3, 0.4) is 0 Å². The van der Waals surface area contributed by atoms with Gasteiger partial charge in [-0.1, -0.05) is 5.11 Å². The van der Waals surface area contributed by atoms with Crippen molar-refractivity contribution in [3.63, 3.8) is 0 Å². The van der Waals surface area contributed by atoms with Crippen LogP contribution >= 0.6 is 0 Å². The first kappa shape index (κ1) is 20.1. The maximum absolute atomic E-state index is 12.7. The Hall–Kier alpha value is -2.18. The Morgan fingerprint density at radius 1 is 1.42 bits per heavy atom.